The van der Waals surface area contributed by atoms with Crippen LogP contribution in [0.5, 0.6) is 0 Å². The van der Waals surface area contributed by atoms with Crippen molar-refractivity contribution in [1.82, 2.24) is 27.4 Å². The molecule has 234 valence electrons. The normalized spacial score (nSPS) is 14.2. The second-order valence-corrected chi connectivity index (χ2v) is 9.32. The van der Waals surface area contributed by atoms with Crippen molar-refractivity contribution in [2.45, 2.75) is 89.5 Å². The fourth-order valence-electron chi connectivity index (χ4n) is 3.12. The van der Waals surface area contributed by atoms with Crippen LogP contribution < -0.4 is 33.2 Å². The van der Waals surface area contributed by atoms with Crippen LogP contribution in [-0.2, 0) is 38.4 Å². The number of nitrogens with two attached hydrogens (primary N) is 1. The first-order chi connectivity index (χ1) is 18.5. The number of carbonyl (C=O) groups excluding carboxylic acids is 4. The predicted molar refractivity (Wildman–Crippen MR) is 139 cm³/mol. The third-order valence-electron chi connectivity index (χ3n) is 5.59. The molecule has 0 aliphatic heterocycles. The molecule has 5 atom stereocenters. The Hall–Kier alpha value is -4.32. The number of carboxylic acids is 4. The van der Waals surface area contributed by atoms with E-state index in [0.29, 0.717) is 0 Å². The van der Waals surface area contributed by atoms with E-state index in [1.165, 1.54) is 6.92 Å². The highest BCUT2D eigenvalue weighted by molar-refractivity contribution is 5.95. The van der Waals surface area contributed by atoms with Gasteiger partial charge in [-0.05, 0) is 32.1 Å². The molecule has 0 fully saturated rings. The lowest BCUT2D eigenvalue weighted by Crippen LogP contribution is -2.58. The molecule has 0 spiro atoms. The van der Waals surface area contributed by atoms with E-state index < -0.39 is 110 Å². The minimum absolute atomic E-state index is 0. The summed E-state index contributed by atoms with van der Waals surface area (Å²) < 4.78 is 0. The molecule has 13 N–H and O–H groups in total. The molecule has 5 unspecified atom stereocenters. The van der Waals surface area contributed by atoms with Gasteiger partial charge in [-0.25, -0.2) is 4.79 Å². The minimum atomic E-state index is -1.57. The van der Waals surface area contributed by atoms with Gasteiger partial charge in [0, 0.05) is 19.3 Å². The Labute approximate surface area is 235 Å². The molecule has 0 aliphatic rings. The van der Waals surface area contributed by atoms with Crippen molar-refractivity contribution in [2.75, 3.05) is 0 Å². The number of hydrogen-bond donors (Lipinski definition) is 10. The van der Waals surface area contributed by atoms with Crippen molar-refractivity contribution in [3.63, 3.8) is 0 Å². The van der Waals surface area contributed by atoms with Crippen LogP contribution in [0.15, 0.2) is 0 Å². The number of nitrogens with one attached hydrogen (secondary N) is 4. The van der Waals surface area contributed by atoms with E-state index in [2.05, 4.69) is 21.3 Å². The summed E-state index contributed by atoms with van der Waals surface area (Å²) in [5.41, 5.74) is 5.77. The van der Waals surface area contributed by atoms with Crippen LogP contribution in [-0.4, -0.2) is 98.1 Å². The second-order valence-electron chi connectivity index (χ2n) is 9.32. The van der Waals surface area contributed by atoms with Crippen LogP contribution >= 0.6 is 0 Å². The fourth-order valence-corrected chi connectivity index (χ4v) is 3.12. The summed E-state index contributed by atoms with van der Waals surface area (Å²) in [5, 5.41) is 44.8. The molecule has 0 aromatic rings. The van der Waals surface area contributed by atoms with Gasteiger partial charge in [0.05, 0.1) is 6.04 Å². The highest BCUT2D eigenvalue weighted by Crippen LogP contribution is 2.06. The third kappa shape index (κ3) is 15.8. The molecule has 0 heterocycles. The van der Waals surface area contributed by atoms with E-state index in [-0.39, 0.29) is 18.5 Å². The van der Waals surface area contributed by atoms with Crippen LogP contribution in [0.4, 0.5) is 0 Å². The van der Waals surface area contributed by atoms with E-state index in [1.54, 1.807) is 13.8 Å². The first-order valence-corrected chi connectivity index (χ1v) is 12.3. The van der Waals surface area contributed by atoms with E-state index in [0.717, 1.165) is 0 Å². The second kappa shape index (κ2) is 18.9. The molecule has 0 saturated carbocycles. The van der Waals surface area contributed by atoms with Crippen molar-refractivity contribution >= 4 is 47.5 Å². The summed E-state index contributed by atoms with van der Waals surface area (Å²) in [6, 6.07) is -6.99. The minimum Gasteiger partial charge on any atom is -0.481 e. The van der Waals surface area contributed by atoms with E-state index in [4.69, 9.17) is 21.1 Å². The van der Waals surface area contributed by atoms with Gasteiger partial charge in [-0.1, -0.05) is 13.8 Å². The molecule has 4 amide bonds. The lowest BCUT2D eigenvalue weighted by Gasteiger charge is -2.25. The fraction of sp³-hybridized carbons (Fsp3) is 0.652. The molecule has 18 nitrogen and oxygen atoms in total. The number of aliphatic carboxylic acids is 4. The summed E-state index contributed by atoms with van der Waals surface area (Å²) in [5.74, 6) is -9.51. The quantitative estimate of drug-likeness (QED) is 0.0759. The van der Waals surface area contributed by atoms with Crippen LogP contribution in [0.2, 0.25) is 0 Å². The lowest BCUT2D eigenvalue weighted by atomic mass is 10.0. The Balaban J connectivity index is 0. The number of amides is 4. The maximum Gasteiger partial charge on any atom is 0.326 e. The van der Waals surface area contributed by atoms with E-state index in [9.17, 15) is 43.5 Å². The molecule has 0 bridgehead atoms. The molecular weight excluding hydrogens is 552 g/mol. The number of rotatable bonds is 19. The van der Waals surface area contributed by atoms with Gasteiger partial charge in [0.15, 0.2) is 0 Å². The lowest BCUT2D eigenvalue weighted by molar-refractivity contribution is -0.143. The monoisotopic (exact) mass is 592 g/mol. The average Bonchev–Trinajstić information content (AvgIpc) is 2.84. The molecule has 0 aromatic carbocycles. The van der Waals surface area contributed by atoms with Crippen molar-refractivity contribution in [3.05, 3.63) is 0 Å². The smallest absolute Gasteiger partial charge is 0.326 e. The summed E-state index contributed by atoms with van der Waals surface area (Å²) in [7, 11) is 0. The van der Waals surface area contributed by atoms with Gasteiger partial charge < -0.3 is 53.6 Å². The zero-order chi connectivity index (χ0) is 31.2. The Kier molecular flexibility index (Phi) is 17.9. The number of carboxylic acid groups (broad SMARTS) is 4. The van der Waals surface area contributed by atoms with Crippen molar-refractivity contribution in [2.24, 2.45) is 11.7 Å². The largest absolute Gasteiger partial charge is 0.481 e. The van der Waals surface area contributed by atoms with Gasteiger partial charge in [0.1, 0.15) is 24.2 Å². The molecule has 0 aliphatic carbocycles. The average molecular weight is 593 g/mol. The predicted octanol–water partition coefficient (Wildman–Crippen LogP) is -2.23. The van der Waals surface area contributed by atoms with E-state index in [1.807, 2.05) is 0 Å². The van der Waals surface area contributed by atoms with E-state index >= 15 is 0 Å². The maximum atomic E-state index is 12.9. The number of carbonyl (C=O) groups is 8. The summed E-state index contributed by atoms with van der Waals surface area (Å²) in [6.07, 6.45) is -2.95. The van der Waals surface area contributed by atoms with Crippen LogP contribution in [0.1, 0.15) is 59.3 Å². The van der Waals surface area contributed by atoms with Gasteiger partial charge in [-0.15, -0.1) is 0 Å². The standard InChI is InChI=1S/C23H37N5O12.H3N/c1-10(2)18(24)22(38)27-13(5-8-16(31)32)21(37)26-12(4-7-15(29)30)20(36)25-11(3)19(35)28-14(23(39)40)6-9-17(33)34;/h10-14,18H,4-9,24H2,1-3H3,(H,25,36)(H,26,37)(H,27,38)(H,28,35)(H,29,30)(H,31,32)(H,33,34)(H,39,40);1H3. The molecule has 18 heteroatoms. The zero-order valence-electron chi connectivity index (χ0n) is 23.0. The molecule has 0 saturated heterocycles. The highest BCUT2D eigenvalue weighted by atomic mass is 16.4. The topological polar surface area (TPSA) is 327 Å². The Morgan fingerprint density at radius 2 is 0.902 bits per heavy atom. The first-order valence-electron chi connectivity index (χ1n) is 12.3. The Bertz CT molecular complexity index is 973. The maximum absolute atomic E-state index is 12.9. The van der Waals surface area contributed by atoms with Gasteiger partial charge >= 0.3 is 23.9 Å². The summed E-state index contributed by atoms with van der Waals surface area (Å²) in [6.45, 7) is 4.46. The molecule has 0 aromatic heterocycles. The first kappa shape index (κ1) is 38.8. The van der Waals surface area contributed by atoms with Crippen molar-refractivity contribution in [3.8, 4) is 0 Å². The van der Waals surface area contributed by atoms with Gasteiger partial charge in [0.2, 0.25) is 23.6 Å². The summed E-state index contributed by atoms with van der Waals surface area (Å²) in [4.78, 5) is 94.7. The summed E-state index contributed by atoms with van der Waals surface area (Å²) >= 11 is 0. The van der Waals surface area contributed by atoms with Crippen LogP contribution in [0, 0.1) is 5.92 Å². The highest BCUT2D eigenvalue weighted by Gasteiger charge is 2.31. The third-order valence-corrected chi connectivity index (χ3v) is 5.59. The molecular formula is C23H40N6O12. The van der Waals surface area contributed by atoms with Gasteiger partial charge in [-0.2, -0.15) is 0 Å². The zero-order valence-corrected chi connectivity index (χ0v) is 23.0. The van der Waals surface area contributed by atoms with Crippen molar-refractivity contribution < 1.29 is 58.8 Å². The SMILES string of the molecule is CC(NC(=O)C(CCC(=O)O)NC(=O)C(CCC(=O)O)NC(=O)C(N)C(C)C)C(=O)NC(CCC(=O)O)C(=O)O.N. The molecule has 0 radical (unpaired) electrons. The van der Waals surface area contributed by atoms with Gasteiger partial charge in [-0.3, -0.25) is 33.6 Å². The molecule has 41 heavy (non-hydrogen) atoms. The number of hydrogen-bond acceptors (Lipinski definition) is 10. The Morgan fingerprint density at radius 1 is 0.561 bits per heavy atom. The van der Waals surface area contributed by atoms with Gasteiger partial charge in [0.25, 0.3) is 0 Å². The Morgan fingerprint density at radius 3 is 1.27 bits per heavy atom. The molecule has 0 rings (SSSR count). The van der Waals surface area contributed by atoms with Crippen LogP contribution in [0.25, 0.3) is 0 Å². The van der Waals surface area contributed by atoms with Crippen LogP contribution in [0.3, 0.4) is 0 Å². The van der Waals surface area contributed by atoms with Crippen molar-refractivity contribution in [1.29, 1.82) is 0 Å².